The van der Waals surface area contributed by atoms with E-state index in [1.807, 2.05) is 0 Å². The SMILES string of the molecule is CN1CNC2=C1CCNC21CCNCC1. The lowest BCUT2D eigenvalue weighted by atomic mass is 9.81. The summed E-state index contributed by atoms with van der Waals surface area (Å²) in [6.07, 6.45) is 3.60. The Morgan fingerprint density at radius 2 is 2.00 bits per heavy atom. The maximum absolute atomic E-state index is 3.74. The lowest BCUT2D eigenvalue weighted by Crippen LogP contribution is -2.57. The summed E-state index contributed by atoms with van der Waals surface area (Å²) in [7, 11) is 2.19. The van der Waals surface area contributed by atoms with Crippen LogP contribution in [-0.4, -0.2) is 43.8 Å². The molecule has 0 radical (unpaired) electrons. The molecule has 3 heterocycles. The number of piperidine rings is 1. The number of hydrogen-bond donors (Lipinski definition) is 3. The molecule has 15 heavy (non-hydrogen) atoms. The first kappa shape index (κ1) is 9.48. The monoisotopic (exact) mass is 208 g/mol. The van der Waals surface area contributed by atoms with Gasteiger partial charge in [0.05, 0.1) is 17.9 Å². The highest BCUT2D eigenvalue weighted by Gasteiger charge is 2.42. The fourth-order valence-electron chi connectivity index (χ4n) is 3.14. The average molecular weight is 208 g/mol. The molecule has 0 saturated carbocycles. The molecule has 4 nitrogen and oxygen atoms in total. The minimum absolute atomic E-state index is 0.254. The highest BCUT2D eigenvalue weighted by Crippen LogP contribution is 2.35. The molecule has 84 valence electrons. The second-order valence-electron chi connectivity index (χ2n) is 4.86. The fourth-order valence-corrected chi connectivity index (χ4v) is 3.14. The van der Waals surface area contributed by atoms with E-state index in [2.05, 4.69) is 27.9 Å². The Morgan fingerprint density at radius 3 is 2.80 bits per heavy atom. The molecule has 3 rings (SSSR count). The molecule has 0 bridgehead atoms. The standard InChI is InChI=1S/C11H20N4/c1-15-8-13-10-9(15)2-5-14-11(10)3-6-12-7-4-11/h12-14H,2-8H2,1H3. The van der Waals surface area contributed by atoms with Crippen molar-refractivity contribution < 1.29 is 0 Å². The number of fused-ring (bicyclic) bond motifs is 1. The van der Waals surface area contributed by atoms with E-state index in [0.29, 0.717) is 0 Å². The van der Waals surface area contributed by atoms with Gasteiger partial charge in [0.1, 0.15) is 0 Å². The number of nitrogens with one attached hydrogen (secondary N) is 3. The molecule has 0 aromatic carbocycles. The molecule has 0 atom stereocenters. The van der Waals surface area contributed by atoms with Gasteiger partial charge in [0.2, 0.25) is 0 Å². The Hall–Kier alpha value is -0.740. The van der Waals surface area contributed by atoms with Crippen LogP contribution in [0, 0.1) is 0 Å². The smallest absolute Gasteiger partial charge is 0.0869 e. The van der Waals surface area contributed by atoms with Gasteiger partial charge in [-0.25, -0.2) is 0 Å². The van der Waals surface area contributed by atoms with Crippen LogP contribution in [0.3, 0.4) is 0 Å². The minimum atomic E-state index is 0.254. The van der Waals surface area contributed by atoms with E-state index in [-0.39, 0.29) is 5.54 Å². The largest absolute Gasteiger partial charge is 0.368 e. The summed E-state index contributed by atoms with van der Waals surface area (Å²) in [6.45, 7) is 4.39. The molecular weight excluding hydrogens is 188 g/mol. The average Bonchev–Trinajstić information content (AvgIpc) is 2.64. The molecule has 3 N–H and O–H groups in total. The molecule has 4 heteroatoms. The van der Waals surface area contributed by atoms with Crippen molar-refractivity contribution in [3.8, 4) is 0 Å². The molecule has 1 saturated heterocycles. The van der Waals surface area contributed by atoms with Crippen LogP contribution in [0.4, 0.5) is 0 Å². The summed E-state index contributed by atoms with van der Waals surface area (Å²) in [4.78, 5) is 2.36. The lowest BCUT2D eigenvalue weighted by molar-refractivity contribution is 0.264. The number of nitrogens with zero attached hydrogens (tertiary/aromatic N) is 1. The topological polar surface area (TPSA) is 39.3 Å². The van der Waals surface area contributed by atoms with Crippen LogP contribution >= 0.6 is 0 Å². The van der Waals surface area contributed by atoms with Crippen LogP contribution in [0.1, 0.15) is 19.3 Å². The molecule has 0 unspecified atom stereocenters. The van der Waals surface area contributed by atoms with E-state index in [1.165, 1.54) is 30.7 Å². The van der Waals surface area contributed by atoms with Crippen molar-refractivity contribution >= 4 is 0 Å². The van der Waals surface area contributed by atoms with E-state index in [9.17, 15) is 0 Å². The molecule has 1 spiro atoms. The summed E-state index contributed by atoms with van der Waals surface area (Å²) in [5.74, 6) is 0. The van der Waals surface area contributed by atoms with Crippen LogP contribution in [0.25, 0.3) is 0 Å². The van der Waals surface area contributed by atoms with Gasteiger partial charge >= 0.3 is 0 Å². The predicted octanol–water partition coefficient (Wildman–Crippen LogP) is -0.194. The van der Waals surface area contributed by atoms with Crippen LogP contribution in [0.5, 0.6) is 0 Å². The van der Waals surface area contributed by atoms with Crippen molar-refractivity contribution in [3.05, 3.63) is 11.4 Å². The first-order valence-electron chi connectivity index (χ1n) is 5.96. The van der Waals surface area contributed by atoms with Gasteiger partial charge in [-0.05, 0) is 25.9 Å². The Bertz CT molecular complexity index is 291. The Labute approximate surface area is 91.1 Å². The molecule has 1 fully saturated rings. The van der Waals surface area contributed by atoms with Crippen molar-refractivity contribution in [3.63, 3.8) is 0 Å². The van der Waals surface area contributed by atoms with E-state index >= 15 is 0 Å². The third-order valence-corrected chi connectivity index (χ3v) is 4.00. The third kappa shape index (κ3) is 1.35. The summed E-state index contributed by atoms with van der Waals surface area (Å²) in [6, 6.07) is 0. The number of hydrogen-bond acceptors (Lipinski definition) is 4. The van der Waals surface area contributed by atoms with Gasteiger partial charge in [-0.1, -0.05) is 0 Å². The van der Waals surface area contributed by atoms with Crippen molar-refractivity contribution in [1.29, 1.82) is 0 Å². The normalized spacial score (nSPS) is 29.3. The molecule has 0 aliphatic carbocycles. The summed E-state index contributed by atoms with van der Waals surface area (Å²) in [5.41, 5.74) is 3.28. The van der Waals surface area contributed by atoms with Gasteiger partial charge in [0.25, 0.3) is 0 Å². The maximum Gasteiger partial charge on any atom is 0.0869 e. The van der Waals surface area contributed by atoms with Crippen molar-refractivity contribution in [2.45, 2.75) is 24.8 Å². The van der Waals surface area contributed by atoms with E-state index < -0.39 is 0 Å². The van der Waals surface area contributed by atoms with Gasteiger partial charge in [-0.15, -0.1) is 0 Å². The first-order chi connectivity index (χ1) is 7.32. The van der Waals surface area contributed by atoms with Crippen LogP contribution in [0.2, 0.25) is 0 Å². The highest BCUT2D eigenvalue weighted by molar-refractivity contribution is 5.31. The first-order valence-corrected chi connectivity index (χ1v) is 5.96. The zero-order valence-electron chi connectivity index (χ0n) is 9.40. The van der Waals surface area contributed by atoms with E-state index in [0.717, 1.165) is 26.3 Å². The Kier molecular flexibility index (Phi) is 2.14. The van der Waals surface area contributed by atoms with Gasteiger partial charge < -0.3 is 20.9 Å². The van der Waals surface area contributed by atoms with E-state index in [4.69, 9.17) is 0 Å². The molecule has 3 aliphatic rings. The van der Waals surface area contributed by atoms with Crippen molar-refractivity contribution in [1.82, 2.24) is 20.9 Å². The van der Waals surface area contributed by atoms with Gasteiger partial charge in [-0.3, -0.25) is 0 Å². The van der Waals surface area contributed by atoms with Crippen LogP contribution in [-0.2, 0) is 0 Å². The minimum Gasteiger partial charge on any atom is -0.368 e. The summed E-state index contributed by atoms with van der Waals surface area (Å²) < 4.78 is 0. The van der Waals surface area contributed by atoms with Crippen molar-refractivity contribution in [2.24, 2.45) is 0 Å². The fraction of sp³-hybridized carbons (Fsp3) is 0.818. The van der Waals surface area contributed by atoms with Gasteiger partial charge in [0.15, 0.2) is 0 Å². The highest BCUT2D eigenvalue weighted by atomic mass is 15.3. The zero-order valence-corrected chi connectivity index (χ0v) is 9.40. The van der Waals surface area contributed by atoms with Crippen LogP contribution in [0.15, 0.2) is 11.4 Å². The quantitative estimate of drug-likeness (QED) is 0.516. The van der Waals surface area contributed by atoms with Crippen molar-refractivity contribution in [2.75, 3.05) is 33.4 Å². The Balaban J connectivity index is 1.94. The van der Waals surface area contributed by atoms with Gasteiger partial charge in [-0.2, -0.15) is 0 Å². The molecule has 0 amide bonds. The van der Waals surface area contributed by atoms with E-state index in [1.54, 1.807) is 0 Å². The van der Waals surface area contributed by atoms with Gasteiger partial charge in [0, 0.05) is 25.7 Å². The summed E-state index contributed by atoms with van der Waals surface area (Å²) in [5, 5.41) is 10.8. The Morgan fingerprint density at radius 1 is 1.20 bits per heavy atom. The lowest BCUT2D eigenvalue weighted by Gasteiger charge is -2.42. The maximum atomic E-state index is 3.74. The third-order valence-electron chi connectivity index (χ3n) is 4.00. The molecule has 0 aromatic rings. The second kappa shape index (κ2) is 3.39. The number of rotatable bonds is 0. The molecule has 0 aromatic heterocycles. The summed E-state index contributed by atoms with van der Waals surface area (Å²) >= 11 is 0. The molecule has 3 aliphatic heterocycles. The zero-order chi connectivity index (χ0) is 10.3. The predicted molar refractivity (Wildman–Crippen MR) is 60.2 cm³/mol. The second-order valence-corrected chi connectivity index (χ2v) is 4.86. The van der Waals surface area contributed by atoms with Crippen LogP contribution < -0.4 is 16.0 Å². The molecular formula is C11H20N4.